The first-order valence-electron chi connectivity index (χ1n) is 6.87. The van der Waals surface area contributed by atoms with Crippen LogP contribution in [0.3, 0.4) is 0 Å². The zero-order chi connectivity index (χ0) is 15.2. The molecule has 0 aliphatic rings. The molecule has 1 rings (SSSR count). The van der Waals surface area contributed by atoms with Gasteiger partial charge in [0, 0.05) is 28.5 Å². The summed E-state index contributed by atoms with van der Waals surface area (Å²) in [5, 5.41) is 12.0. The fourth-order valence-electron chi connectivity index (χ4n) is 1.82. The standard InChI is InChI=1S/C16H23BrN2O/c1-12-9-14(17)10-13(11-19-16(2,3)4)15(12)20-8-6-5-7-18/h9-10,19H,5-6,8,11H2,1-4H3. The van der Waals surface area contributed by atoms with E-state index < -0.39 is 0 Å². The Morgan fingerprint density at radius 1 is 1.35 bits per heavy atom. The van der Waals surface area contributed by atoms with Crippen molar-refractivity contribution in [1.82, 2.24) is 5.32 Å². The molecular formula is C16H23BrN2O. The van der Waals surface area contributed by atoms with Crippen LogP contribution in [0, 0.1) is 18.3 Å². The summed E-state index contributed by atoms with van der Waals surface area (Å²) >= 11 is 3.53. The van der Waals surface area contributed by atoms with Gasteiger partial charge in [-0.3, -0.25) is 0 Å². The van der Waals surface area contributed by atoms with Crippen LogP contribution in [0.5, 0.6) is 5.75 Å². The van der Waals surface area contributed by atoms with E-state index in [4.69, 9.17) is 10.00 Å². The Balaban J connectivity index is 2.82. The highest BCUT2D eigenvalue weighted by Gasteiger charge is 2.13. The highest BCUT2D eigenvalue weighted by Crippen LogP contribution is 2.28. The number of hydrogen-bond donors (Lipinski definition) is 1. The van der Waals surface area contributed by atoms with Gasteiger partial charge in [0.15, 0.2) is 0 Å². The first-order valence-corrected chi connectivity index (χ1v) is 7.66. The fourth-order valence-corrected chi connectivity index (χ4v) is 2.44. The second-order valence-electron chi connectivity index (χ2n) is 5.92. The molecule has 1 aromatic carbocycles. The maximum absolute atomic E-state index is 8.56. The Hall–Kier alpha value is -1.05. The second kappa shape index (κ2) is 7.66. The molecule has 0 amide bonds. The molecule has 0 saturated carbocycles. The molecule has 0 atom stereocenters. The molecule has 0 saturated heterocycles. The molecule has 0 spiro atoms. The van der Waals surface area contributed by atoms with Gasteiger partial charge >= 0.3 is 0 Å². The van der Waals surface area contributed by atoms with E-state index in [0.29, 0.717) is 13.0 Å². The summed E-state index contributed by atoms with van der Waals surface area (Å²) in [4.78, 5) is 0. The number of rotatable bonds is 6. The van der Waals surface area contributed by atoms with Crippen LogP contribution in [0.2, 0.25) is 0 Å². The van der Waals surface area contributed by atoms with Crippen LogP contribution in [-0.2, 0) is 6.54 Å². The number of hydrogen-bond acceptors (Lipinski definition) is 3. The zero-order valence-corrected chi connectivity index (χ0v) is 14.3. The van der Waals surface area contributed by atoms with Gasteiger partial charge in [0.25, 0.3) is 0 Å². The lowest BCUT2D eigenvalue weighted by Gasteiger charge is -2.22. The van der Waals surface area contributed by atoms with E-state index in [1.165, 1.54) is 0 Å². The van der Waals surface area contributed by atoms with Crippen LogP contribution in [0.4, 0.5) is 0 Å². The Morgan fingerprint density at radius 3 is 2.65 bits per heavy atom. The van der Waals surface area contributed by atoms with Gasteiger partial charge in [-0.15, -0.1) is 0 Å². The summed E-state index contributed by atoms with van der Waals surface area (Å²) in [6, 6.07) is 6.28. The molecule has 0 heterocycles. The SMILES string of the molecule is Cc1cc(Br)cc(CNC(C)(C)C)c1OCCCC#N. The monoisotopic (exact) mass is 338 g/mol. The summed E-state index contributed by atoms with van der Waals surface area (Å²) in [5.74, 6) is 0.933. The average molecular weight is 339 g/mol. The van der Waals surface area contributed by atoms with Gasteiger partial charge < -0.3 is 10.1 Å². The van der Waals surface area contributed by atoms with E-state index in [1.54, 1.807) is 0 Å². The molecule has 4 heteroatoms. The number of aryl methyl sites for hydroxylation is 1. The third-order valence-electron chi connectivity index (χ3n) is 2.80. The molecule has 0 radical (unpaired) electrons. The number of nitrogens with zero attached hydrogens (tertiary/aromatic N) is 1. The van der Waals surface area contributed by atoms with Gasteiger partial charge in [0.05, 0.1) is 12.7 Å². The first kappa shape index (κ1) is 17.0. The lowest BCUT2D eigenvalue weighted by molar-refractivity contribution is 0.304. The maximum atomic E-state index is 8.56. The number of nitrogens with one attached hydrogen (secondary N) is 1. The predicted octanol–water partition coefficient (Wildman–Crippen LogP) is 4.33. The lowest BCUT2D eigenvalue weighted by atomic mass is 10.1. The number of nitriles is 1. The summed E-state index contributed by atoms with van der Waals surface area (Å²) in [7, 11) is 0. The average Bonchev–Trinajstić information content (AvgIpc) is 2.33. The van der Waals surface area contributed by atoms with Crippen LogP contribution >= 0.6 is 15.9 Å². The van der Waals surface area contributed by atoms with Crippen molar-refractivity contribution in [3.8, 4) is 11.8 Å². The van der Waals surface area contributed by atoms with Crippen LogP contribution in [-0.4, -0.2) is 12.1 Å². The Labute approximate surface area is 130 Å². The van der Waals surface area contributed by atoms with Crippen LogP contribution in [0.25, 0.3) is 0 Å². The Bertz CT molecular complexity index is 486. The Kier molecular flexibility index (Phi) is 6.51. The lowest BCUT2D eigenvalue weighted by Crippen LogP contribution is -2.35. The number of ether oxygens (including phenoxy) is 1. The van der Waals surface area contributed by atoms with E-state index in [9.17, 15) is 0 Å². The van der Waals surface area contributed by atoms with Crippen molar-refractivity contribution in [3.05, 3.63) is 27.7 Å². The third kappa shape index (κ3) is 5.94. The minimum Gasteiger partial charge on any atom is -0.493 e. The highest BCUT2D eigenvalue weighted by atomic mass is 79.9. The quantitative estimate of drug-likeness (QED) is 0.785. The molecule has 20 heavy (non-hydrogen) atoms. The van der Waals surface area contributed by atoms with Crippen molar-refractivity contribution in [2.24, 2.45) is 0 Å². The minimum atomic E-state index is 0.0638. The van der Waals surface area contributed by atoms with Crippen LogP contribution in [0.1, 0.15) is 44.7 Å². The molecule has 110 valence electrons. The molecular weight excluding hydrogens is 316 g/mol. The number of halogens is 1. The summed E-state index contributed by atoms with van der Waals surface area (Å²) in [6.07, 6.45) is 1.29. The van der Waals surface area contributed by atoms with Gasteiger partial charge in [-0.05, 0) is 51.8 Å². The molecule has 3 nitrogen and oxygen atoms in total. The molecule has 0 aromatic heterocycles. The zero-order valence-electron chi connectivity index (χ0n) is 12.7. The van der Waals surface area contributed by atoms with Gasteiger partial charge in [-0.1, -0.05) is 15.9 Å². The molecule has 0 bridgehead atoms. The topological polar surface area (TPSA) is 45.0 Å². The minimum absolute atomic E-state index is 0.0638. The van der Waals surface area contributed by atoms with Crippen molar-refractivity contribution < 1.29 is 4.74 Å². The van der Waals surface area contributed by atoms with E-state index in [-0.39, 0.29) is 5.54 Å². The van der Waals surface area contributed by atoms with Gasteiger partial charge in [-0.25, -0.2) is 0 Å². The van der Waals surface area contributed by atoms with Gasteiger partial charge in [0.2, 0.25) is 0 Å². The predicted molar refractivity (Wildman–Crippen MR) is 85.8 cm³/mol. The molecule has 0 unspecified atom stereocenters. The van der Waals surface area contributed by atoms with Crippen molar-refractivity contribution in [1.29, 1.82) is 5.26 Å². The molecule has 0 aliphatic carbocycles. The van der Waals surface area contributed by atoms with Crippen molar-refractivity contribution >= 4 is 15.9 Å². The van der Waals surface area contributed by atoms with Gasteiger partial charge in [-0.2, -0.15) is 5.26 Å². The van der Waals surface area contributed by atoms with E-state index in [2.05, 4.69) is 60.2 Å². The highest BCUT2D eigenvalue weighted by molar-refractivity contribution is 9.10. The summed E-state index contributed by atoms with van der Waals surface area (Å²) < 4.78 is 6.94. The summed E-state index contributed by atoms with van der Waals surface area (Å²) in [6.45, 7) is 9.82. The van der Waals surface area contributed by atoms with E-state index >= 15 is 0 Å². The van der Waals surface area contributed by atoms with Crippen molar-refractivity contribution in [2.45, 2.75) is 52.6 Å². The van der Waals surface area contributed by atoms with Crippen LogP contribution < -0.4 is 10.1 Å². The first-order chi connectivity index (χ1) is 9.33. The normalized spacial score (nSPS) is 11.2. The van der Waals surface area contributed by atoms with Gasteiger partial charge in [0.1, 0.15) is 5.75 Å². The van der Waals surface area contributed by atoms with Crippen molar-refractivity contribution in [3.63, 3.8) is 0 Å². The number of unbranched alkanes of at least 4 members (excludes halogenated alkanes) is 1. The third-order valence-corrected chi connectivity index (χ3v) is 3.26. The summed E-state index contributed by atoms with van der Waals surface area (Å²) in [5.41, 5.74) is 2.32. The molecule has 0 aliphatic heterocycles. The van der Waals surface area contributed by atoms with E-state index in [1.807, 2.05) is 6.92 Å². The van der Waals surface area contributed by atoms with Crippen molar-refractivity contribution in [2.75, 3.05) is 6.61 Å². The molecule has 1 N–H and O–H groups in total. The van der Waals surface area contributed by atoms with Crippen LogP contribution in [0.15, 0.2) is 16.6 Å². The second-order valence-corrected chi connectivity index (χ2v) is 6.84. The molecule has 0 fully saturated rings. The largest absolute Gasteiger partial charge is 0.493 e. The van der Waals surface area contributed by atoms with E-state index in [0.717, 1.165) is 34.3 Å². The smallest absolute Gasteiger partial charge is 0.126 e. The maximum Gasteiger partial charge on any atom is 0.126 e. The Morgan fingerprint density at radius 2 is 2.05 bits per heavy atom. The fraction of sp³-hybridized carbons (Fsp3) is 0.562. The molecule has 1 aromatic rings. The number of benzene rings is 1.